The van der Waals surface area contributed by atoms with Crippen LogP contribution in [0.25, 0.3) is 11.1 Å². The van der Waals surface area contributed by atoms with Crippen molar-refractivity contribution in [3.8, 4) is 0 Å². The van der Waals surface area contributed by atoms with Crippen molar-refractivity contribution in [3.63, 3.8) is 0 Å². The molecule has 1 fully saturated rings. The first-order valence-corrected chi connectivity index (χ1v) is 6.93. The molecule has 3 rings (SSSR count). The monoisotopic (exact) mass is 331 g/mol. The van der Waals surface area contributed by atoms with E-state index in [4.69, 9.17) is 9.31 Å². The third-order valence-electron chi connectivity index (χ3n) is 4.26. The van der Waals surface area contributed by atoms with Crippen molar-refractivity contribution in [1.29, 1.82) is 0 Å². The van der Waals surface area contributed by atoms with Crippen LogP contribution in [0.3, 0.4) is 0 Å². The van der Waals surface area contributed by atoms with Gasteiger partial charge in [0, 0.05) is 11.5 Å². The maximum Gasteiger partial charge on any atom is 0.497 e. The van der Waals surface area contributed by atoms with Crippen molar-refractivity contribution < 1.29 is 31.3 Å². The van der Waals surface area contributed by atoms with Gasteiger partial charge in [-0.2, -0.15) is 13.2 Å². The van der Waals surface area contributed by atoms with Gasteiger partial charge >= 0.3 is 19.2 Å². The number of halogens is 4. The van der Waals surface area contributed by atoms with E-state index in [1.54, 1.807) is 27.7 Å². The van der Waals surface area contributed by atoms with Crippen molar-refractivity contribution in [2.75, 3.05) is 0 Å². The second-order valence-corrected chi connectivity index (χ2v) is 6.45. The molecule has 4 nitrogen and oxygen atoms in total. The van der Waals surface area contributed by atoms with Crippen LogP contribution < -0.4 is 5.46 Å². The Morgan fingerprint density at radius 1 is 1.04 bits per heavy atom. The summed E-state index contributed by atoms with van der Waals surface area (Å²) in [4.78, 5) is 3.26. The van der Waals surface area contributed by atoms with E-state index < -0.39 is 36.2 Å². The lowest BCUT2D eigenvalue weighted by Crippen LogP contribution is -2.41. The van der Waals surface area contributed by atoms with Gasteiger partial charge in [-0.1, -0.05) is 0 Å². The molecule has 1 aromatic carbocycles. The lowest BCUT2D eigenvalue weighted by atomic mass is 9.78. The van der Waals surface area contributed by atoms with Crippen LogP contribution in [0.1, 0.15) is 33.6 Å². The first-order chi connectivity index (χ1) is 10.4. The first kappa shape index (κ1) is 16.3. The molecule has 124 valence electrons. The van der Waals surface area contributed by atoms with Crippen LogP contribution in [0, 0.1) is 5.82 Å². The van der Waals surface area contributed by atoms with E-state index in [-0.39, 0.29) is 16.6 Å². The van der Waals surface area contributed by atoms with Crippen LogP contribution in [0.2, 0.25) is 0 Å². The highest BCUT2D eigenvalue weighted by Crippen LogP contribution is 2.37. The molecule has 0 radical (unpaired) electrons. The summed E-state index contributed by atoms with van der Waals surface area (Å²) in [6.45, 7) is 7.17. The van der Waals surface area contributed by atoms with Crippen molar-refractivity contribution in [2.24, 2.45) is 0 Å². The van der Waals surface area contributed by atoms with Crippen LogP contribution in [-0.2, 0) is 15.5 Å². The summed E-state index contributed by atoms with van der Waals surface area (Å²) in [6, 6.07) is 2.02. The summed E-state index contributed by atoms with van der Waals surface area (Å²) >= 11 is 0. The van der Waals surface area contributed by atoms with E-state index >= 15 is 0 Å². The van der Waals surface area contributed by atoms with Crippen molar-refractivity contribution in [3.05, 3.63) is 23.8 Å². The lowest BCUT2D eigenvalue weighted by Gasteiger charge is -2.32. The van der Waals surface area contributed by atoms with Crippen molar-refractivity contribution in [1.82, 2.24) is 4.98 Å². The fraction of sp³-hybridized carbons (Fsp3) is 0.500. The Morgan fingerprint density at radius 2 is 1.61 bits per heavy atom. The molecule has 0 amide bonds. The van der Waals surface area contributed by atoms with Gasteiger partial charge in [0.2, 0.25) is 0 Å². The molecule has 2 aromatic rings. The highest BCUT2D eigenvalue weighted by Gasteiger charge is 2.52. The molecule has 0 saturated carbocycles. The standard InChI is InChI=1S/C14H14BF4NO3/c1-12(2)13(3,4)23-15(22-12)7-5-10-9(6-8(7)16)20-11(21-10)14(17,18)19/h5-6H,1-4H3. The minimum absolute atomic E-state index is 0.0268. The number of hydrogen-bond acceptors (Lipinski definition) is 4. The van der Waals surface area contributed by atoms with E-state index in [0.717, 1.165) is 12.1 Å². The van der Waals surface area contributed by atoms with E-state index in [9.17, 15) is 17.6 Å². The maximum atomic E-state index is 14.3. The predicted molar refractivity (Wildman–Crippen MR) is 74.7 cm³/mol. The summed E-state index contributed by atoms with van der Waals surface area (Å²) in [5.74, 6) is -2.18. The van der Waals surface area contributed by atoms with E-state index in [0.29, 0.717) is 0 Å². The molecule has 23 heavy (non-hydrogen) atoms. The summed E-state index contributed by atoms with van der Waals surface area (Å²) in [5, 5.41) is 0. The Hall–Kier alpha value is -1.61. The molecule has 0 aliphatic carbocycles. The molecule has 0 spiro atoms. The summed E-state index contributed by atoms with van der Waals surface area (Å²) in [6.07, 6.45) is -4.74. The van der Waals surface area contributed by atoms with Gasteiger partial charge < -0.3 is 13.7 Å². The Kier molecular flexibility index (Phi) is 3.32. The molecule has 0 unspecified atom stereocenters. The van der Waals surface area contributed by atoms with Crippen LogP contribution in [0.5, 0.6) is 0 Å². The average molecular weight is 331 g/mol. The van der Waals surface area contributed by atoms with Crippen molar-refractivity contribution in [2.45, 2.75) is 45.1 Å². The van der Waals surface area contributed by atoms with Gasteiger partial charge in [-0.05, 0) is 33.8 Å². The quantitative estimate of drug-likeness (QED) is 0.594. The van der Waals surface area contributed by atoms with Gasteiger partial charge in [0.25, 0.3) is 0 Å². The zero-order valence-corrected chi connectivity index (χ0v) is 12.9. The van der Waals surface area contributed by atoms with Gasteiger partial charge in [-0.25, -0.2) is 9.37 Å². The molecule has 2 heterocycles. The van der Waals surface area contributed by atoms with Crippen LogP contribution in [0.4, 0.5) is 17.6 Å². The number of aromatic nitrogens is 1. The van der Waals surface area contributed by atoms with E-state index in [1.807, 2.05) is 0 Å². The van der Waals surface area contributed by atoms with Crippen LogP contribution in [0.15, 0.2) is 16.5 Å². The Morgan fingerprint density at radius 3 is 2.13 bits per heavy atom. The van der Waals surface area contributed by atoms with E-state index in [2.05, 4.69) is 9.40 Å². The van der Waals surface area contributed by atoms with Gasteiger partial charge in [-0.15, -0.1) is 0 Å². The number of nitrogens with zero attached hydrogens (tertiary/aromatic N) is 1. The predicted octanol–water partition coefficient (Wildman–Crippen LogP) is 3.28. The van der Waals surface area contributed by atoms with Gasteiger partial charge in [0.1, 0.15) is 11.3 Å². The second kappa shape index (κ2) is 4.70. The normalized spacial score (nSPS) is 20.4. The molecule has 1 aliphatic heterocycles. The summed E-state index contributed by atoms with van der Waals surface area (Å²) in [5.41, 5.74) is -1.81. The molecular formula is C14H14BF4NO3. The smallest absolute Gasteiger partial charge is 0.433 e. The molecule has 1 aliphatic rings. The number of alkyl halides is 3. The maximum absolute atomic E-state index is 14.3. The summed E-state index contributed by atoms with van der Waals surface area (Å²) in [7, 11) is -1.04. The molecule has 1 aromatic heterocycles. The largest absolute Gasteiger partial charge is 0.497 e. The average Bonchev–Trinajstić information content (AvgIpc) is 2.86. The first-order valence-electron chi connectivity index (χ1n) is 6.93. The zero-order chi connectivity index (χ0) is 17.2. The SMILES string of the molecule is CC1(C)OB(c2cc3oc(C(F)(F)F)nc3cc2F)OC1(C)C. The molecule has 9 heteroatoms. The number of benzene rings is 1. The lowest BCUT2D eigenvalue weighted by molar-refractivity contribution is -0.156. The van der Waals surface area contributed by atoms with Gasteiger partial charge in [0.05, 0.1) is 11.2 Å². The Bertz CT molecular complexity index is 753. The van der Waals surface area contributed by atoms with Crippen LogP contribution in [-0.4, -0.2) is 23.3 Å². The van der Waals surface area contributed by atoms with E-state index in [1.165, 1.54) is 0 Å². The third-order valence-corrected chi connectivity index (χ3v) is 4.26. The Labute approximate surface area is 129 Å². The molecule has 1 saturated heterocycles. The second-order valence-electron chi connectivity index (χ2n) is 6.45. The van der Waals surface area contributed by atoms with Gasteiger partial charge in [0.15, 0.2) is 5.58 Å². The number of rotatable bonds is 1. The molecule has 0 bridgehead atoms. The molecular weight excluding hydrogens is 317 g/mol. The number of hydrogen-bond donors (Lipinski definition) is 0. The highest BCUT2D eigenvalue weighted by atomic mass is 19.4. The third kappa shape index (κ3) is 2.61. The fourth-order valence-corrected chi connectivity index (χ4v) is 2.24. The van der Waals surface area contributed by atoms with Crippen LogP contribution >= 0.6 is 0 Å². The number of fused-ring (bicyclic) bond motifs is 1. The topological polar surface area (TPSA) is 44.5 Å². The minimum Gasteiger partial charge on any atom is -0.433 e. The fourth-order valence-electron chi connectivity index (χ4n) is 2.24. The van der Waals surface area contributed by atoms with Crippen molar-refractivity contribution >= 4 is 23.7 Å². The highest BCUT2D eigenvalue weighted by molar-refractivity contribution is 6.62. The molecule has 0 N–H and O–H groups in total. The molecule has 0 atom stereocenters. The number of oxazole rings is 1. The summed E-state index contributed by atoms with van der Waals surface area (Å²) < 4.78 is 68.2. The zero-order valence-electron chi connectivity index (χ0n) is 12.9. The van der Waals surface area contributed by atoms with Gasteiger partial charge in [-0.3, -0.25) is 0 Å². The Balaban J connectivity index is 2.04. The minimum atomic E-state index is -4.74.